The van der Waals surface area contributed by atoms with Crippen LogP contribution < -0.4 is 16.0 Å². The van der Waals surface area contributed by atoms with E-state index in [1.807, 2.05) is 49.6 Å². The minimum atomic E-state index is -0.689. The lowest BCUT2D eigenvalue weighted by Gasteiger charge is -2.25. The molecule has 10 heteroatoms. The Kier molecular flexibility index (Phi) is 9.69. The number of aromatic nitrogens is 1. The van der Waals surface area contributed by atoms with Crippen LogP contribution >= 0.6 is 11.3 Å². The number of nitrogens with one attached hydrogen (secondary N) is 3. The van der Waals surface area contributed by atoms with Gasteiger partial charge in [-0.1, -0.05) is 58.0 Å². The monoisotopic (exact) mass is 515 g/mol. The maximum atomic E-state index is 12.9. The van der Waals surface area contributed by atoms with Crippen molar-refractivity contribution in [3.05, 3.63) is 52.0 Å². The first-order valence-corrected chi connectivity index (χ1v) is 13.3. The van der Waals surface area contributed by atoms with Crippen molar-refractivity contribution >= 4 is 29.4 Å². The first-order chi connectivity index (χ1) is 17.1. The summed E-state index contributed by atoms with van der Waals surface area (Å²) in [4.78, 5) is 43.6. The Morgan fingerprint density at radius 1 is 1.19 bits per heavy atom. The van der Waals surface area contributed by atoms with Crippen molar-refractivity contribution in [2.24, 2.45) is 5.92 Å². The molecule has 0 radical (unpaired) electrons. The number of urea groups is 1. The molecule has 0 aliphatic carbocycles. The molecule has 0 spiro atoms. The largest absolute Gasteiger partial charge is 0.444 e. The van der Waals surface area contributed by atoms with Crippen LogP contribution in [-0.2, 0) is 22.5 Å². The standard InChI is InChI=1S/C26H37N5O4S/c1-16(2)22(30-25(33)31(5)14-19-15-36-24(28-19)17(3)4)23(32)27-12-11-21-20(29-26(34)35-21)13-18-9-7-6-8-10-18/h6-10,15-17,20-22H,11-14H2,1-5H3,(H,27,32)(H,29,34)(H,30,33). The van der Waals surface area contributed by atoms with Gasteiger partial charge in [-0.25, -0.2) is 14.6 Å². The Labute approximate surface area is 217 Å². The Morgan fingerprint density at radius 3 is 2.56 bits per heavy atom. The number of ether oxygens (including phenoxy) is 1. The molecule has 4 amide bonds. The number of alkyl carbamates (subject to hydrolysis) is 1. The van der Waals surface area contributed by atoms with Crippen LogP contribution in [0.5, 0.6) is 0 Å². The maximum Gasteiger partial charge on any atom is 0.407 e. The van der Waals surface area contributed by atoms with Crippen molar-refractivity contribution in [2.75, 3.05) is 13.6 Å². The van der Waals surface area contributed by atoms with Gasteiger partial charge in [0.05, 0.1) is 23.3 Å². The van der Waals surface area contributed by atoms with Crippen LogP contribution in [0.4, 0.5) is 9.59 Å². The predicted octanol–water partition coefficient (Wildman–Crippen LogP) is 3.66. The molecule has 1 aromatic heterocycles. The highest BCUT2D eigenvalue weighted by atomic mass is 32.1. The number of benzene rings is 1. The smallest absolute Gasteiger partial charge is 0.407 e. The molecule has 1 aliphatic rings. The van der Waals surface area contributed by atoms with Crippen molar-refractivity contribution in [3.63, 3.8) is 0 Å². The zero-order valence-corrected chi connectivity index (χ0v) is 22.4. The summed E-state index contributed by atoms with van der Waals surface area (Å²) in [5, 5.41) is 11.6. The van der Waals surface area contributed by atoms with Crippen molar-refractivity contribution in [1.29, 1.82) is 0 Å². The third kappa shape index (κ3) is 7.68. The summed E-state index contributed by atoms with van der Waals surface area (Å²) in [7, 11) is 1.69. The van der Waals surface area contributed by atoms with Gasteiger partial charge in [0.2, 0.25) is 5.91 Å². The molecule has 2 heterocycles. The summed E-state index contributed by atoms with van der Waals surface area (Å²) < 4.78 is 5.42. The molecular formula is C26H37N5O4S. The SMILES string of the molecule is CC(C)c1nc(CN(C)C(=O)NC(C(=O)NCCC2OC(=O)NC2Cc2ccccc2)C(C)C)cs1. The first-order valence-electron chi connectivity index (χ1n) is 12.4. The van der Waals surface area contributed by atoms with Gasteiger partial charge < -0.3 is 25.6 Å². The summed E-state index contributed by atoms with van der Waals surface area (Å²) in [6.07, 6.45) is 0.344. The highest BCUT2D eigenvalue weighted by molar-refractivity contribution is 7.09. The van der Waals surface area contributed by atoms with Crippen molar-refractivity contribution in [3.8, 4) is 0 Å². The number of amides is 4. The summed E-state index contributed by atoms with van der Waals surface area (Å²) >= 11 is 1.59. The summed E-state index contributed by atoms with van der Waals surface area (Å²) in [5.41, 5.74) is 1.93. The van der Waals surface area contributed by atoms with Gasteiger partial charge in [0, 0.05) is 31.3 Å². The van der Waals surface area contributed by atoms with Crippen molar-refractivity contribution in [1.82, 2.24) is 25.8 Å². The second-order valence-corrected chi connectivity index (χ2v) is 10.7. The molecule has 36 heavy (non-hydrogen) atoms. The fourth-order valence-electron chi connectivity index (χ4n) is 4.01. The maximum absolute atomic E-state index is 12.9. The quantitative estimate of drug-likeness (QED) is 0.423. The molecule has 3 unspecified atom stereocenters. The second-order valence-electron chi connectivity index (χ2n) is 9.82. The minimum Gasteiger partial charge on any atom is -0.444 e. The van der Waals surface area contributed by atoms with Gasteiger partial charge in [-0.2, -0.15) is 0 Å². The van der Waals surface area contributed by atoms with E-state index in [0.29, 0.717) is 31.8 Å². The molecule has 196 valence electrons. The lowest BCUT2D eigenvalue weighted by Crippen LogP contribution is -2.53. The molecule has 3 N–H and O–H groups in total. The molecule has 3 rings (SSSR count). The van der Waals surface area contributed by atoms with Crippen LogP contribution in [0.3, 0.4) is 0 Å². The van der Waals surface area contributed by atoms with Gasteiger partial charge in [-0.05, 0) is 17.9 Å². The van der Waals surface area contributed by atoms with Crippen molar-refractivity contribution in [2.45, 2.75) is 71.2 Å². The van der Waals surface area contributed by atoms with Gasteiger partial charge in [0.25, 0.3) is 0 Å². The number of carbonyl (C=O) groups excluding carboxylic acids is 3. The molecule has 9 nitrogen and oxygen atoms in total. The fraction of sp³-hybridized carbons (Fsp3) is 0.538. The van der Waals surface area contributed by atoms with E-state index in [9.17, 15) is 14.4 Å². The number of hydrogen-bond donors (Lipinski definition) is 3. The molecule has 0 bridgehead atoms. The van der Waals surface area contributed by atoms with E-state index in [-0.39, 0.29) is 30.0 Å². The zero-order valence-electron chi connectivity index (χ0n) is 21.6. The molecule has 1 aliphatic heterocycles. The average molecular weight is 516 g/mol. The van der Waals surface area contributed by atoms with Crippen LogP contribution in [0.25, 0.3) is 0 Å². The lowest BCUT2D eigenvalue weighted by atomic mass is 10.00. The van der Waals surface area contributed by atoms with Gasteiger partial charge in [-0.15, -0.1) is 11.3 Å². The van der Waals surface area contributed by atoms with E-state index >= 15 is 0 Å². The van der Waals surface area contributed by atoms with Gasteiger partial charge in [0.15, 0.2) is 0 Å². The highest BCUT2D eigenvalue weighted by Gasteiger charge is 2.34. The second kappa shape index (κ2) is 12.7. The number of hydrogen-bond acceptors (Lipinski definition) is 6. The van der Waals surface area contributed by atoms with E-state index in [0.717, 1.165) is 16.3 Å². The molecular weight excluding hydrogens is 478 g/mol. The van der Waals surface area contributed by atoms with E-state index in [2.05, 4.69) is 34.8 Å². The Hall–Kier alpha value is -3.14. The van der Waals surface area contributed by atoms with Crippen LogP contribution in [0, 0.1) is 5.92 Å². The summed E-state index contributed by atoms with van der Waals surface area (Å²) in [6, 6.07) is 8.70. The fourth-order valence-corrected chi connectivity index (χ4v) is 4.84. The number of carbonyl (C=O) groups is 3. The van der Waals surface area contributed by atoms with E-state index in [1.54, 1.807) is 18.4 Å². The topological polar surface area (TPSA) is 113 Å². The lowest BCUT2D eigenvalue weighted by molar-refractivity contribution is -0.124. The predicted molar refractivity (Wildman–Crippen MR) is 140 cm³/mol. The Bertz CT molecular complexity index is 1030. The van der Waals surface area contributed by atoms with Gasteiger partial charge >= 0.3 is 12.1 Å². The van der Waals surface area contributed by atoms with E-state index < -0.39 is 12.1 Å². The molecule has 0 saturated carbocycles. The van der Waals surface area contributed by atoms with Gasteiger partial charge in [-0.3, -0.25) is 4.79 Å². The molecule has 1 aromatic carbocycles. The van der Waals surface area contributed by atoms with E-state index in [4.69, 9.17) is 4.74 Å². The van der Waals surface area contributed by atoms with Crippen LogP contribution in [-0.4, -0.2) is 59.7 Å². The average Bonchev–Trinajstić information content (AvgIpc) is 3.44. The minimum absolute atomic E-state index is 0.106. The van der Waals surface area contributed by atoms with Crippen LogP contribution in [0.1, 0.15) is 56.3 Å². The van der Waals surface area contributed by atoms with Crippen LogP contribution in [0.2, 0.25) is 0 Å². The molecule has 1 fully saturated rings. The Morgan fingerprint density at radius 2 is 1.92 bits per heavy atom. The number of rotatable bonds is 11. The van der Waals surface area contributed by atoms with Gasteiger partial charge in [0.1, 0.15) is 12.1 Å². The molecule has 1 saturated heterocycles. The molecule has 3 atom stereocenters. The zero-order chi connectivity index (χ0) is 26.2. The van der Waals surface area contributed by atoms with Crippen LogP contribution in [0.15, 0.2) is 35.7 Å². The number of thiazole rings is 1. The molecule has 2 aromatic rings. The van der Waals surface area contributed by atoms with Crippen molar-refractivity contribution < 1.29 is 19.1 Å². The first kappa shape index (κ1) is 27.4. The third-order valence-corrected chi connectivity index (χ3v) is 7.27. The Balaban J connectivity index is 1.49. The number of cyclic esters (lactones) is 1. The third-order valence-electron chi connectivity index (χ3n) is 6.07. The summed E-state index contributed by atoms with van der Waals surface area (Å²) in [5.74, 6) is -0.0283. The highest BCUT2D eigenvalue weighted by Crippen LogP contribution is 2.20. The summed E-state index contributed by atoms with van der Waals surface area (Å²) in [6.45, 7) is 8.64. The normalized spacial score (nSPS) is 18.0. The van der Waals surface area contributed by atoms with E-state index in [1.165, 1.54) is 4.90 Å². The number of nitrogens with zero attached hydrogens (tertiary/aromatic N) is 2.